The van der Waals surface area contributed by atoms with Gasteiger partial charge in [-0.05, 0) is 32.1 Å². The number of aromatic nitrogens is 2. The molecule has 1 atom stereocenters. The van der Waals surface area contributed by atoms with E-state index in [4.69, 9.17) is 20.9 Å². The molecule has 0 aromatic carbocycles. The molecule has 3 heterocycles. The molecule has 6 nitrogen and oxygen atoms in total. The lowest BCUT2D eigenvalue weighted by Gasteiger charge is -2.32. The molecule has 1 aliphatic heterocycles. The maximum Gasteiger partial charge on any atom is 0.276 e. The smallest absolute Gasteiger partial charge is 0.276 e. The molecule has 0 radical (unpaired) electrons. The number of rotatable bonds is 3. The normalized spacial score (nSPS) is 20.2. The molecule has 7 heteroatoms. The van der Waals surface area contributed by atoms with Gasteiger partial charge in [-0.2, -0.15) is 0 Å². The highest BCUT2D eigenvalue weighted by atomic mass is 35.5. The van der Waals surface area contributed by atoms with E-state index in [9.17, 15) is 4.79 Å². The molecule has 1 aliphatic carbocycles. The number of pyridine rings is 1. The summed E-state index contributed by atoms with van der Waals surface area (Å²) >= 11 is 6.11. The Morgan fingerprint density at radius 2 is 2.20 bits per heavy atom. The first-order chi connectivity index (χ1) is 12.2. The van der Waals surface area contributed by atoms with E-state index in [2.05, 4.69) is 10.1 Å². The first-order valence-corrected chi connectivity index (χ1v) is 9.13. The van der Waals surface area contributed by atoms with Crippen LogP contribution in [0.2, 0.25) is 5.02 Å². The quantitative estimate of drug-likeness (QED) is 0.839. The second kappa shape index (κ2) is 7.04. The van der Waals surface area contributed by atoms with Crippen molar-refractivity contribution >= 4 is 17.5 Å². The van der Waals surface area contributed by atoms with Gasteiger partial charge in [0.25, 0.3) is 5.91 Å². The minimum atomic E-state index is -0.0830. The molecule has 1 unspecified atom stereocenters. The largest absolute Gasteiger partial charge is 0.487 e. The summed E-state index contributed by atoms with van der Waals surface area (Å²) in [7, 11) is 0. The highest BCUT2D eigenvalue weighted by Crippen LogP contribution is 2.28. The van der Waals surface area contributed by atoms with Crippen LogP contribution in [0.25, 0.3) is 0 Å². The molecular formula is C18H20ClN3O3. The Hall–Kier alpha value is -2.08. The SMILES string of the molecule is O=C(c1noc2c1CCCC2)N1CCCC(Oc2ccncc2Cl)C1. The second-order valence-corrected chi connectivity index (χ2v) is 6.99. The number of amides is 1. The van der Waals surface area contributed by atoms with Gasteiger partial charge in [-0.15, -0.1) is 0 Å². The lowest BCUT2D eigenvalue weighted by molar-refractivity contribution is 0.0528. The Balaban J connectivity index is 1.47. The number of carbonyl (C=O) groups excluding carboxylic acids is 1. The minimum Gasteiger partial charge on any atom is -0.487 e. The van der Waals surface area contributed by atoms with Crippen molar-refractivity contribution < 1.29 is 14.1 Å². The van der Waals surface area contributed by atoms with Gasteiger partial charge < -0.3 is 14.2 Å². The fourth-order valence-electron chi connectivity index (χ4n) is 3.56. The fraction of sp³-hybridized carbons (Fsp3) is 0.500. The van der Waals surface area contributed by atoms with E-state index in [1.807, 2.05) is 4.90 Å². The molecular weight excluding hydrogens is 342 g/mol. The molecule has 4 rings (SSSR count). The number of piperidine rings is 1. The van der Waals surface area contributed by atoms with E-state index in [1.54, 1.807) is 18.5 Å². The molecule has 0 saturated carbocycles. The van der Waals surface area contributed by atoms with Crippen LogP contribution in [0, 0.1) is 0 Å². The topological polar surface area (TPSA) is 68.5 Å². The summed E-state index contributed by atoms with van der Waals surface area (Å²) in [5.74, 6) is 1.43. The average Bonchev–Trinajstić information content (AvgIpc) is 3.07. The number of fused-ring (bicyclic) bond motifs is 1. The van der Waals surface area contributed by atoms with Crippen LogP contribution in [0.4, 0.5) is 0 Å². The zero-order valence-corrected chi connectivity index (χ0v) is 14.7. The van der Waals surface area contributed by atoms with Gasteiger partial charge in [0, 0.05) is 37.0 Å². The van der Waals surface area contributed by atoms with Crippen LogP contribution in [-0.4, -0.2) is 40.1 Å². The van der Waals surface area contributed by atoms with Gasteiger partial charge in [-0.3, -0.25) is 9.78 Å². The van der Waals surface area contributed by atoms with E-state index < -0.39 is 0 Å². The number of nitrogens with zero attached hydrogens (tertiary/aromatic N) is 3. The van der Waals surface area contributed by atoms with E-state index in [0.29, 0.717) is 29.6 Å². The first kappa shape index (κ1) is 16.4. The van der Waals surface area contributed by atoms with Crippen molar-refractivity contribution in [2.75, 3.05) is 13.1 Å². The van der Waals surface area contributed by atoms with Crippen molar-refractivity contribution in [2.45, 2.75) is 44.6 Å². The van der Waals surface area contributed by atoms with Crippen LogP contribution < -0.4 is 4.74 Å². The lowest BCUT2D eigenvalue weighted by atomic mass is 9.96. The monoisotopic (exact) mass is 361 g/mol. The molecule has 1 saturated heterocycles. The number of halogens is 1. The zero-order chi connectivity index (χ0) is 17.2. The molecule has 2 aromatic heterocycles. The van der Waals surface area contributed by atoms with E-state index >= 15 is 0 Å². The van der Waals surface area contributed by atoms with E-state index in [0.717, 1.165) is 49.8 Å². The zero-order valence-electron chi connectivity index (χ0n) is 13.9. The molecule has 0 bridgehead atoms. The second-order valence-electron chi connectivity index (χ2n) is 6.58. The summed E-state index contributed by atoms with van der Waals surface area (Å²) in [5, 5.41) is 4.54. The van der Waals surface area contributed by atoms with E-state index in [1.165, 1.54) is 0 Å². The van der Waals surface area contributed by atoms with Crippen LogP contribution in [0.1, 0.15) is 47.5 Å². The highest BCUT2D eigenvalue weighted by molar-refractivity contribution is 6.31. The van der Waals surface area contributed by atoms with Crippen LogP contribution in [-0.2, 0) is 12.8 Å². The highest BCUT2D eigenvalue weighted by Gasteiger charge is 2.31. The van der Waals surface area contributed by atoms with Crippen molar-refractivity contribution in [3.63, 3.8) is 0 Å². The average molecular weight is 362 g/mol. The predicted molar refractivity (Wildman–Crippen MR) is 91.9 cm³/mol. The number of carbonyl (C=O) groups is 1. The van der Waals surface area contributed by atoms with Crippen molar-refractivity contribution in [1.29, 1.82) is 0 Å². The van der Waals surface area contributed by atoms with Gasteiger partial charge in [-0.25, -0.2) is 0 Å². The van der Waals surface area contributed by atoms with Crippen LogP contribution in [0.3, 0.4) is 0 Å². The third-order valence-electron chi connectivity index (χ3n) is 4.85. The number of aryl methyl sites for hydroxylation is 1. The van der Waals surface area contributed by atoms with Crippen LogP contribution in [0.15, 0.2) is 23.0 Å². The molecule has 25 heavy (non-hydrogen) atoms. The summed E-state index contributed by atoms with van der Waals surface area (Å²) in [5.41, 5.74) is 1.48. The van der Waals surface area contributed by atoms with Crippen molar-refractivity contribution in [1.82, 2.24) is 15.0 Å². The van der Waals surface area contributed by atoms with Crippen LogP contribution in [0.5, 0.6) is 5.75 Å². The summed E-state index contributed by atoms with van der Waals surface area (Å²) in [6, 6.07) is 1.75. The number of hydrogen-bond donors (Lipinski definition) is 0. The van der Waals surface area contributed by atoms with Gasteiger partial charge in [0.05, 0.1) is 6.54 Å². The standard InChI is InChI=1S/C18H20ClN3O3/c19-14-10-20-8-7-16(14)24-12-4-3-9-22(11-12)18(23)17-13-5-1-2-6-15(13)25-21-17/h7-8,10,12H,1-6,9,11H2. The third kappa shape index (κ3) is 3.35. The molecule has 1 fully saturated rings. The Kier molecular flexibility index (Phi) is 4.61. The Morgan fingerprint density at radius 3 is 3.08 bits per heavy atom. The number of ether oxygens (including phenoxy) is 1. The Morgan fingerprint density at radius 1 is 1.32 bits per heavy atom. The Labute approximate surface area is 151 Å². The molecule has 2 aromatic rings. The van der Waals surface area contributed by atoms with Crippen molar-refractivity contribution in [3.8, 4) is 5.75 Å². The van der Waals surface area contributed by atoms with Gasteiger partial charge >= 0.3 is 0 Å². The molecule has 1 amide bonds. The first-order valence-electron chi connectivity index (χ1n) is 8.75. The van der Waals surface area contributed by atoms with Gasteiger partial charge in [0.2, 0.25) is 0 Å². The minimum absolute atomic E-state index is 0.0546. The molecule has 0 N–H and O–H groups in total. The summed E-state index contributed by atoms with van der Waals surface area (Å²) < 4.78 is 11.4. The van der Waals surface area contributed by atoms with Gasteiger partial charge in [-0.1, -0.05) is 16.8 Å². The number of hydrogen-bond acceptors (Lipinski definition) is 5. The fourth-order valence-corrected chi connectivity index (χ4v) is 3.72. The molecule has 132 valence electrons. The molecule has 0 spiro atoms. The summed E-state index contributed by atoms with van der Waals surface area (Å²) in [6.45, 7) is 1.24. The summed E-state index contributed by atoms with van der Waals surface area (Å²) in [4.78, 5) is 18.7. The third-order valence-corrected chi connectivity index (χ3v) is 5.13. The van der Waals surface area contributed by atoms with Crippen LogP contribution >= 0.6 is 11.6 Å². The summed E-state index contributed by atoms with van der Waals surface area (Å²) in [6.07, 6.45) is 8.84. The lowest BCUT2D eigenvalue weighted by Crippen LogP contribution is -2.44. The van der Waals surface area contributed by atoms with Gasteiger partial charge in [0.1, 0.15) is 22.6 Å². The van der Waals surface area contributed by atoms with Crippen molar-refractivity contribution in [3.05, 3.63) is 40.5 Å². The maximum absolute atomic E-state index is 12.9. The maximum atomic E-state index is 12.9. The van der Waals surface area contributed by atoms with Gasteiger partial charge in [0.15, 0.2) is 5.69 Å². The predicted octanol–water partition coefficient (Wildman–Crippen LogP) is 3.29. The molecule has 2 aliphatic rings. The Bertz CT molecular complexity index is 777. The van der Waals surface area contributed by atoms with Crippen molar-refractivity contribution in [2.24, 2.45) is 0 Å². The van der Waals surface area contributed by atoms with E-state index in [-0.39, 0.29) is 12.0 Å². The number of likely N-dealkylation sites (tertiary alicyclic amines) is 1.